The van der Waals surface area contributed by atoms with Crippen molar-refractivity contribution in [2.75, 3.05) is 11.9 Å². The van der Waals surface area contributed by atoms with Gasteiger partial charge in [-0.05, 0) is 31.2 Å². The summed E-state index contributed by atoms with van der Waals surface area (Å²) in [5.74, 6) is -0.243. The molecule has 1 N–H and O–H groups in total. The molecule has 0 bridgehead atoms. The Morgan fingerprint density at radius 2 is 1.87 bits per heavy atom. The van der Waals surface area contributed by atoms with E-state index in [-0.39, 0.29) is 6.61 Å². The van der Waals surface area contributed by atoms with E-state index in [9.17, 15) is 4.79 Å². The number of nitrogens with one attached hydrogen (secondary N) is 1. The smallest absolute Gasteiger partial charge is 0.352 e. The summed E-state index contributed by atoms with van der Waals surface area (Å²) in [5.41, 5.74) is 1.08. The first kappa shape index (κ1) is 17.1. The molecule has 0 heterocycles. The molecule has 0 aliphatic heterocycles. The Balaban J connectivity index is 2.16. The van der Waals surface area contributed by atoms with Gasteiger partial charge in [0.25, 0.3) is 0 Å². The molecule has 0 saturated heterocycles. The van der Waals surface area contributed by atoms with Gasteiger partial charge in [0, 0.05) is 6.21 Å². The molecule has 0 unspecified atom stereocenters. The fourth-order valence-electron chi connectivity index (χ4n) is 1.73. The predicted molar refractivity (Wildman–Crippen MR) is 91.9 cm³/mol. The van der Waals surface area contributed by atoms with Gasteiger partial charge in [-0.2, -0.15) is 0 Å². The number of hydrogen-bond donors (Lipinski definition) is 1. The molecular weight excluding hydrogens is 339 g/mol. The summed E-state index contributed by atoms with van der Waals surface area (Å²) >= 11 is 12.3. The molecule has 120 valence electrons. The highest BCUT2D eigenvalue weighted by Gasteiger charge is 2.12. The third-order valence-electron chi connectivity index (χ3n) is 2.70. The van der Waals surface area contributed by atoms with Crippen LogP contribution in [0.1, 0.15) is 6.92 Å². The van der Waals surface area contributed by atoms with Crippen molar-refractivity contribution in [3.63, 3.8) is 0 Å². The molecule has 0 amide bonds. The number of carbonyl (C=O) groups excluding carboxylic acids is 1. The number of anilines is 2. The highest BCUT2D eigenvalue weighted by atomic mass is 35.5. The SMILES string of the molecule is CC=NOCC(=O)Oc1ccccc1Nc1c(Cl)cccc1Cl. The van der Waals surface area contributed by atoms with Gasteiger partial charge >= 0.3 is 5.97 Å². The van der Waals surface area contributed by atoms with E-state index in [1.807, 2.05) is 0 Å². The molecule has 2 aromatic rings. The minimum atomic E-state index is -0.574. The summed E-state index contributed by atoms with van der Waals surface area (Å²) in [7, 11) is 0. The van der Waals surface area contributed by atoms with Crippen LogP contribution in [0.15, 0.2) is 47.6 Å². The molecule has 0 atom stereocenters. The minimum Gasteiger partial charge on any atom is -0.422 e. The fraction of sp³-hybridized carbons (Fsp3) is 0.125. The summed E-state index contributed by atoms with van der Waals surface area (Å²) in [6.45, 7) is 1.39. The first-order valence-corrected chi connectivity index (χ1v) is 7.48. The molecule has 2 aromatic carbocycles. The molecule has 0 fully saturated rings. The lowest BCUT2D eigenvalue weighted by molar-refractivity contribution is -0.139. The number of oxime groups is 1. The lowest BCUT2D eigenvalue weighted by Crippen LogP contribution is -2.14. The first-order chi connectivity index (χ1) is 11.1. The van der Waals surface area contributed by atoms with Crippen LogP contribution in [0.25, 0.3) is 0 Å². The summed E-state index contributed by atoms with van der Waals surface area (Å²) in [6, 6.07) is 12.1. The molecule has 0 aromatic heterocycles. The number of halogens is 2. The molecule has 0 spiro atoms. The molecule has 5 nitrogen and oxygen atoms in total. The van der Waals surface area contributed by atoms with Crippen LogP contribution in [-0.2, 0) is 9.63 Å². The van der Waals surface area contributed by atoms with Crippen LogP contribution in [0.3, 0.4) is 0 Å². The van der Waals surface area contributed by atoms with Gasteiger partial charge in [-0.3, -0.25) is 0 Å². The number of hydrogen-bond acceptors (Lipinski definition) is 5. The van der Waals surface area contributed by atoms with E-state index in [0.717, 1.165) is 0 Å². The number of benzene rings is 2. The maximum Gasteiger partial charge on any atom is 0.352 e. The van der Waals surface area contributed by atoms with Gasteiger partial charge in [0.2, 0.25) is 6.61 Å². The zero-order valence-electron chi connectivity index (χ0n) is 12.3. The van der Waals surface area contributed by atoms with Crippen LogP contribution >= 0.6 is 23.2 Å². The highest BCUT2D eigenvalue weighted by molar-refractivity contribution is 6.39. The summed E-state index contributed by atoms with van der Waals surface area (Å²) < 4.78 is 5.26. The van der Waals surface area contributed by atoms with Gasteiger partial charge in [0.1, 0.15) is 0 Å². The van der Waals surface area contributed by atoms with Gasteiger partial charge in [-0.1, -0.05) is 46.6 Å². The second-order valence-electron chi connectivity index (χ2n) is 4.33. The Morgan fingerprint density at radius 3 is 2.57 bits per heavy atom. The third kappa shape index (κ3) is 4.87. The van der Waals surface area contributed by atoms with Gasteiger partial charge in [0.15, 0.2) is 5.75 Å². The predicted octanol–water partition coefficient (Wildman–Crippen LogP) is 4.66. The van der Waals surface area contributed by atoms with E-state index in [4.69, 9.17) is 32.8 Å². The van der Waals surface area contributed by atoms with Crippen LogP contribution < -0.4 is 10.1 Å². The van der Waals surface area contributed by atoms with Crippen molar-refractivity contribution >= 4 is 46.8 Å². The van der Waals surface area contributed by atoms with Gasteiger partial charge in [0.05, 0.1) is 21.4 Å². The average Bonchev–Trinajstić information content (AvgIpc) is 2.53. The average molecular weight is 353 g/mol. The number of para-hydroxylation sites is 3. The Labute approximate surface area is 143 Å². The standard InChI is InChI=1S/C16H14Cl2N2O3/c1-2-19-22-10-15(21)23-14-9-4-3-8-13(14)20-16-11(17)6-5-7-12(16)18/h2-9,20H,10H2,1H3. The zero-order valence-corrected chi connectivity index (χ0v) is 13.8. The molecule has 0 radical (unpaired) electrons. The van der Waals surface area contributed by atoms with Crippen LogP contribution in [-0.4, -0.2) is 18.8 Å². The van der Waals surface area contributed by atoms with E-state index in [2.05, 4.69) is 10.5 Å². The van der Waals surface area contributed by atoms with E-state index in [0.29, 0.717) is 27.2 Å². The van der Waals surface area contributed by atoms with Gasteiger partial charge < -0.3 is 14.9 Å². The lowest BCUT2D eigenvalue weighted by atomic mass is 10.2. The van der Waals surface area contributed by atoms with Crippen LogP contribution in [0.5, 0.6) is 5.75 Å². The molecule has 2 rings (SSSR count). The summed E-state index contributed by atoms with van der Waals surface area (Å²) in [4.78, 5) is 16.5. The van der Waals surface area contributed by atoms with Crippen LogP contribution in [0.4, 0.5) is 11.4 Å². The maximum atomic E-state index is 11.7. The fourth-order valence-corrected chi connectivity index (χ4v) is 2.22. The zero-order chi connectivity index (χ0) is 16.7. The lowest BCUT2D eigenvalue weighted by Gasteiger charge is -2.14. The monoisotopic (exact) mass is 352 g/mol. The van der Waals surface area contributed by atoms with E-state index in [1.165, 1.54) is 6.21 Å². The van der Waals surface area contributed by atoms with Crippen LogP contribution in [0.2, 0.25) is 10.0 Å². The van der Waals surface area contributed by atoms with Crippen molar-refractivity contribution in [2.45, 2.75) is 6.92 Å². The number of nitrogens with zero attached hydrogens (tertiary/aromatic N) is 1. The quantitative estimate of drug-likeness (QED) is 0.355. The molecular formula is C16H14Cl2N2O3. The molecule has 23 heavy (non-hydrogen) atoms. The second-order valence-corrected chi connectivity index (χ2v) is 5.14. The van der Waals surface area contributed by atoms with Crippen molar-refractivity contribution in [1.29, 1.82) is 0 Å². The van der Waals surface area contributed by atoms with Gasteiger partial charge in [-0.15, -0.1) is 0 Å². The number of esters is 1. The van der Waals surface area contributed by atoms with E-state index in [1.54, 1.807) is 49.4 Å². The Hall–Kier alpha value is -2.24. The molecule has 0 aliphatic rings. The second kappa shape index (κ2) is 8.41. The normalized spacial score (nSPS) is 10.6. The van der Waals surface area contributed by atoms with Crippen molar-refractivity contribution in [1.82, 2.24) is 0 Å². The highest BCUT2D eigenvalue weighted by Crippen LogP contribution is 2.35. The first-order valence-electron chi connectivity index (χ1n) is 6.72. The molecule has 0 saturated carbocycles. The summed E-state index contributed by atoms with van der Waals surface area (Å²) in [5, 5.41) is 7.48. The number of rotatable bonds is 6. The summed E-state index contributed by atoms with van der Waals surface area (Å²) in [6.07, 6.45) is 1.43. The molecule has 0 aliphatic carbocycles. The van der Waals surface area contributed by atoms with E-state index < -0.39 is 5.97 Å². The Kier molecular flexibility index (Phi) is 6.26. The maximum absolute atomic E-state index is 11.7. The van der Waals surface area contributed by atoms with Gasteiger partial charge in [-0.25, -0.2) is 4.79 Å². The van der Waals surface area contributed by atoms with Crippen LogP contribution in [0, 0.1) is 0 Å². The minimum absolute atomic E-state index is 0.286. The van der Waals surface area contributed by atoms with Crippen molar-refractivity contribution in [2.24, 2.45) is 5.16 Å². The Morgan fingerprint density at radius 1 is 1.17 bits per heavy atom. The topological polar surface area (TPSA) is 59.9 Å². The Bertz CT molecular complexity index is 700. The van der Waals surface area contributed by atoms with E-state index >= 15 is 0 Å². The van der Waals surface area contributed by atoms with Crippen molar-refractivity contribution in [3.8, 4) is 5.75 Å². The molecule has 7 heteroatoms. The number of carbonyl (C=O) groups is 1. The largest absolute Gasteiger partial charge is 0.422 e. The van der Waals surface area contributed by atoms with Crippen molar-refractivity contribution in [3.05, 3.63) is 52.5 Å². The van der Waals surface area contributed by atoms with Crippen molar-refractivity contribution < 1.29 is 14.4 Å². The number of ether oxygens (including phenoxy) is 1. The third-order valence-corrected chi connectivity index (χ3v) is 3.33.